The summed E-state index contributed by atoms with van der Waals surface area (Å²) in [5.74, 6) is -0.202. The van der Waals surface area contributed by atoms with Crippen molar-refractivity contribution in [3.8, 4) is 0 Å². The predicted octanol–water partition coefficient (Wildman–Crippen LogP) is 4.39. The fourth-order valence-corrected chi connectivity index (χ4v) is 2.85. The number of hydrogen-bond donors (Lipinski definition) is 1. The van der Waals surface area contributed by atoms with E-state index in [4.69, 9.17) is 11.6 Å². The third-order valence-corrected chi connectivity index (χ3v) is 4.31. The fraction of sp³-hybridized carbons (Fsp3) is 0.0500. The molecule has 26 heavy (non-hydrogen) atoms. The van der Waals surface area contributed by atoms with Gasteiger partial charge in [0.25, 0.3) is 5.91 Å². The molecule has 5 nitrogen and oxygen atoms in total. The summed E-state index contributed by atoms with van der Waals surface area (Å²) < 4.78 is 1.82. The minimum atomic E-state index is -0.202. The Bertz CT molecular complexity index is 1060. The lowest BCUT2D eigenvalue weighted by Crippen LogP contribution is -2.11. The first-order chi connectivity index (χ1) is 12.7. The van der Waals surface area contributed by atoms with Gasteiger partial charge in [0.1, 0.15) is 5.52 Å². The van der Waals surface area contributed by atoms with Crippen molar-refractivity contribution in [3.63, 3.8) is 0 Å². The maximum absolute atomic E-state index is 12.4. The van der Waals surface area contributed by atoms with Crippen molar-refractivity contribution in [2.75, 3.05) is 5.32 Å². The van der Waals surface area contributed by atoms with E-state index in [2.05, 4.69) is 15.6 Å². The van der Waals surface area contributed by atoms with E-state index in [0.717, 1.165) is 11.1 Å². The van der Waals surface area contributed by atoms with Crippen molar-refractivity contribution < 1.29 is 4.79 Å². The van der Waals surface area contributed by atoms with E-state index in [9.17, 15) is 4.79 Å². The molecule has 0 spiro atoms. The molecule has 0 fully saturated rings. The van der Waals surface area contributed by atoms with Gasteiger partial charge < -0.3 is 5.32 Å². The van der Waals surface area contributed by atoms with Gasteiger partial charge in [0.15, 0.2) is 0 Å². The number of rotatable bonds is 4. The van der Waals surface area contributed by atoms with E-state index in [0.29, 0.717) is 28.3 Å². The number of anilines is 1. The summed E-state index contributed by atoms with van der Waals surface area (Å²) in [4.78, 5) is 12.4. The molecule has 1 aromatic heterocycles. The van der Waals surface area contributed by atoms with Crippen LogP contribution in [0, 0.1) is 0 Å². The van der Waals surface area contributed by atoms with Gasteiger partial charge in [0.05, 0.1) is 12.1 Å². The number of aromatic nitrogens is 3. The minimum absolute atomic E-state index is 0.202. The van der Waals surface area contributed by atoms with Crippen molar-refractivity contribution in [2.45, 2.75) is 6.54 Å². The van der Waals surface area contributed by atoms with Crippen LogP contribution in [0.2, 0.25) is 5.02 Å². The molecule has 0 unspecified atom stereocenters. The fourth-order valence-electron chi connectivity index (χ4n) is 2.72. The Morgan fingerprint density at radius 2 is 1.77 bits per heavy atom. The number of fused-ring (bicyclic) bond motifs is 1. The summed E-state index contributed by atoms with van der Waals surface area (Å²) in [6, 6.07) is 22.4. The van der Waals surface area contributed by atoms with Gasteiger partial charge in [-0.1, -0.05) is 47.1 Å². The molecular formula is C20H15ClN4O. The highest BCUT2D eigenvalue weighted by molar-refractivity contribution is 6.30. The molecule has 0 atom stereocenters. The molecule has 0 saturated carbocycles. The van der Waals surface area contributed by atoms with Crippen LogP contribution in [0.3, 0.4) is 0 Å². The average molecular weight is 363 g/mol. The van der Waals surface area contributed by atoms with Gasteiger partial charge in [0.2, 0.25) is 0 Å². The number of halogens is 1. The molecule has 6 heteroatoms. The highest BCUT2D eigenvalue weighted by atomic mass is 35.5. The number of amides is 1. The third-order valence-electron chi connectivity index (χ3n) is 4.05. The largest absolute Gasteiger partial charge is 0.322 e. The second kappa shape index (κ2) is 6.98. The summed E-state index contributed by atoms with van der Waals surface area (Å²) in [7, 11) is 0. The quantitative estimate of drug-likeness (QED) is 0.586. The second-order valence-electron chi connectivity index (χ2n) is 5.90. The van der Waals surface area contributed by atoms with Crippen LogP contribution in [0.4, 0.5) is 5.69 Å². The van der Waals surface area contributed by atoms with Crippen molar-refractivity contribution in [1.29, 1.82) is 0 Å². The normalized spacial score (nSPS) is 10.8. The molecule has 0 aliphatic carbocycles. The zero-order valence-corrected chi connectivity index (χ0v) is 14.5. The second-order valence-corrected chi connectivity index (χ2v) is 6.33. The van der Waals surface area contributed by atoms with Crippen LogP contribution in [0.15, 0.2) is 72.8 Å². The van der Waals surface area contributed by atoms with E-state index in [1.165, 1.54) is 0 Å². The van der Waals surface area contributed by atoms with Crippen LogP contribution in [0.1, 0.15) is 15.9 Å². The number of nitrogens with zero attached hydrogens (tertiary/aromatic N) is 3. The first-order valence-corrected chi connectivity index (χ1v) is 8.51. The predicted molar refractivity (Wildman–Crippen MR) is 102 cm³/mol. The highest BCUT2D eigenvalue weighted by Crippen LogP contribution is 2.18. The van der Waals surface area contributed by atoms with E-state index >= 15 is 0 Å². The zero-order chi connectivity index (χ0) is 17.9. The van der Waals surface area contributed by atoms with Gasteiger partial charge in [-0.05, 0) is 48.0 Å². The van der Waals surface area contributed by atoms with Crippen LogP contribution < -0.4 is 5.32 Å². The first kappa shape index (κ1) is 16.3. The number of hydrogen-bond acceptors (Lipinski definition) is 3. The van der Waals surface area contributed by atoms with Gasteiger partial charge in [0, 0.05) is 16.3 Å². The summed E-state index contributed by atoms with van der Waals surface area (Å²) in [5, 5.41) is 11.9. The molecule has 128 valence electrons. The molecule has 0 saturated heterocycles. The van der Waals surface area contributed by atoms with E-state index in [1.54, 1.807) is 36.4 Å². The van der Waals surface area contributed by atoms with Crippen molar-refractivity contribution in [3.05, 3.63) is 88.9 Å². The standard InChI is InChI=1S/C20H15ClN4O/c21-16-7-9-17(10-8-16)22-20(26)15-6-11-19-18(12-15)23-24-25(19)13-14-4-2-1-3-5-14/h1-12H,13H2,(H,22,26). The molecule has 0 aliphatic rings. The van der Waals surface area contributed by atoms with Crippen molar-refractivity contribution in [1.82, 2.24) is 15.0 Å². The average Bonchev–Trinajstić information content (AvgIpc) is 3.06. The SMILES string of the molecule is O=C(Nc1ccc(Cl)cc1)c1ccc2c(c1)nnn2Cc1ccccc1. The van der Waals surface area contributed by atoms with Gasteiger partial charge in [-0.15, -0.1) is 5.10 Å². The lowest BCUT2D eigenvalue weighted by molar-refractivity contribution is 0.102. The molecule has 1 amide bonds. The first-order valence-electron chi connectivity index (χ1n) is 8.13. The summed E-state index contributed by atoms with van der Waals surface area (Å²) in [6.07, 6.45) is 0. The molecular weight excluding hydrogens is 348 g/mol. The van der Waals surface area contributed by atoms with E-state index in [1.807, 2.05) is 41.1 Å². The zero-order valence-electron chi connectivity index (χ0n) is 13.8. The van der Waals surface area contributed by atoms with Gasteiger partial charge in [-0.3, -0.25) is 4.79 Å². The number of carbonyl (C=O) groups is 1. The maximum atomic E-state index is 12.4. The molecule has 0 aliphatic heterocycles. The van der Waals surface area contributed by atoms with Gasteiger partial charge >= 0.3 is 0 Å². The number of carbonyl (C=O) groups excluding carboxylic acids is 1. The highest BCUT2D eigenvalue weighted by Gasteiger charge is 2.11. The number of nitrogens with one attached hydrogen (secondary N) is 1. The summed E-state index contributed by atoms with van der Waals surface area (Å²) in [5.41, 5.74) is 3.93. The van der Waals surface area contributed by atoms with Crippen LogP contribution in [0.5, 0.6) is 0 Å². The molecule has 1 N–H and O–H groups in total. The van der Waals surface area contributed by atoms with Crippen LogP contribution >= 0.6 is 11.6 Å². The molecule has 4 aromatic rings. The van der Waals surface area contributed by atoms with Crippen LogP contribution in [0.25, 0.3) is 11.0 Å². The summed E-state index contributed by atoms with van der Waals surface area (Å²) >= 11 is 5.86. The Balaban J connectivity index is 1.56. The topological polar surface area (TPSA) is 59.8 Å². The Morgan fingerprint density at radius 3 is 2.54 bits per heavy atom. The van der Waals surface area contributed by atoms with Crippen LogP contribution in [-0.2, 0) is 6.54 Å². The van der Waals surface area contributed by atoms with E-state index < -0.39 is 0 Å². The van der Waals surface area contributed by atoms with E-state index in [-0.39, 0.29) is 5.91 Å². The Kier molecular flexibility index (Phi) is 4.37. The maximum Gasteiger partial charge on any atom is 0.255 e. The molecule has 4 rings (SSSR count). The lowest BCUT2D eigenvalue weighted by Gasteiger charge is -2.06. The van der Waals surface area contributed by atoms with Crippen molar-refractivity contribution >= 4 is 34.2 Å². The Hall–Kier alpha value is -3.18. The minimum Gasteiger partial charge on any atom is -0.322 e. The van der Waals surface area contributed by atoms with Crippen LogP contribution in [-0.4, -0.2) is 20.9 Å². The molecule has 3 aromatic carbocycles. The number of benzene rings is 3. The summed E-state index contributed by atoms with van der Waals surface area (Å²) in [6.45, 7) is 0.633. The smallest absolute Gasteiger partial charge is 0.255 e. The van der Waals surface area contributed by atoms with Crippen molar-refractivity contribution in [2.24, 2.45) is 0 Å². The lowest BCUT2D eigenvalue weighted by atomic mass is 10.1. The van der Waals surface area contributed by atoms with Gasteiger partial charge in [-0.2, -0.15) is 0 Å². The Labute approximate surface area is 155 Å². The molecule has 0 bridgehead atoms. The third kappa shape index (κ3) is 3.43. The molecule has 1 heterocycles. The molecule has 0 radical (unpaired) electrons. The van der Waals surface area contributed by atoms with Gasteiger partial charge in [-0.25, -0.2) is 4.68 Å². The Morgan fingerprint density at radius 1 is 1.00 bits per heavy atom. The monoisotopic (exact) mass is 362 g/mol.